The Bertz CT molecular complexity index is 2210. The summed E-state index contributed by atoms with van der Waals surface area (Å²) < 4.78 is 70.4. The van der Waals surface area contributed by atoms with Crippen LogP contribution < -0.4 is 4.90 Å². The highest BCUT2D eigenvalue weighted by atomic mass is 32.2. The van der Waals surface area contributed by atoms with Crippen molar-refractivity contribution in [1.82, 2.24) is 0 Å². The first-order valence-corrected chi connectivity index (χ1v) is 21.1. The molecule has 1 N–H and O–H groups in total. The van der Waals surface area contributed by atoms with Gasteiger partial charge < -0.3 is 9.45 Å². The van der Waals surface area contributed by atoms with E-state index in [-0.39, 0.29) is 18.8 Å². The van der Waals surface area contributed by atoms with Crippen molar-refractivity contribution in [2.75, 3.05) is 29.5 Å². The van der Waals surface area contributed by atoms with Crippen LogP contribution in [0.4, 0.5) is 11.4 Å². The van der Waals surface area contributed by atoms with Crippen LogP contribution in [0.2, 0.25) is 0 Å². The van der Waals surface area contributed by atoms with Gasteiger partial charge in [0.15, 0.2) is 12.3 Å². The third-order valence-corrected chi connectivity index (χ3v) is 12.7. The van der Waals surface area contributed by atoms with Crippen molar-refractivity contribution in [3.8, 4) is 0 Å². The van der Waals surface area contributed by atoms with E-state index >= 15 is 0 Å². The number of fused-ring (bicyclic) bond motifs is 2. The van der Waals surface area contributed by atoms with E-state index in [1.165, 1.54) is 0 Å². The number of hydrogen-bond donors (Lipinski definition) is 1. The first-order valence-electron chi connectivity index (χ1n) is 17.1. The van der Waals surface area contributed by atoms with Gasteiger partial charge in [0, 0.05) is 50.9 Å². The first-order chi connectivity index (χ1) is 24.1. The van der Waals surface area contributed by atoms with Crippen molar-refractivity contribution < 1.29 is 30.5 Å². The number of hydrogen-bond acceptors (Lipinski definition) is 7. The zero-order valence-electron chi connectivity index (χ0n) is 29.4. The highest BCUT2D eigenvalue weighted by Gasteiger charge is 2.44. The lowest BCUT2D eigenvalue weighted by Gasteiger charge is -2.28. The second-order valence-electron chi connectivity index (χ2n) is 14.2. The van der Waals surface area contributed by atoms with Crippen LogP contribution in [0.3, 0.4) is 0 Å². The number of allylic oxidation sites excluding steroid dienone is 7. The molecule has 0 aromatic heterocycles. The summed E-state index contributed by atoms with van der Waals surface area (Å²) in [5.74, 6) is -0.873. The Labute approximate surface area is 306 Å². The molecule has 3 aromatic carbocycles. The van der Waals surface area contributed by atoms with E-state index in [2.05, 4.69) is 76.3 Å². The van der Waals surface area contributed by atoms with Crippen molar-refractivity contribution in [1.29, 1.82) is 0 Å². The van der Waals surface area contributed by atoms with Gasteiger partial charge in [-0.15, -0.1) is 0 Å². The number of thioether (sulfide) groups is 1. The number of anilines is 1. The van der Waals surface area contributed by atoms with Crippen LogP contribution in [0.1, 0.15) is 58.1 Å². The fourth-order valence-corrected chi connectivity index (χ4v) is 9.44. The maximum absolute atomic E-state index is 11.8. The Hall–Kier alpha value is -3.74. The van der Waals surface area contributed by atoms with Gasteiger partial charge in [0.25, 0.3) is 10.1 Å². The molecule has 51 heavy (non-hydrogen) atoms. The largest absolute Gasteiger partial charge is 0.748 e. The highest BCUT2D eigenvalue weighted by molar-refractivity contribution is 8.03. The average molecular weight is 745 g/mol. The molecule has 0 saturated heterocycles. The second-order valence-corrected chi connectivity index (χ2v) is 18.4. The third kappa shape index (κ3) is 8.03. The summed E-state index contributed by atoms with van der Waals surface area (Å²) in [6, 6.07) is 26.2. The van der Waals surface area contributed by atoms with E-state index in [1.54, 1.807) is 11.8 Å². The Morgan fingerprint density at radius 3 is 2.20 bits per heavy atom. The number of para-hydroxylation sites is 2. The first kappa shape index (κ1) is 37.0. The summed E-state index contributed by atoms with van der Waals surface area (Å²) in [7, 11) is -8.58. The summed E-state index contributed by atoms with van der Waals surface area (Å²) in [4.78, 5) is 4.21. The molecular formula is C40H44N2O6S3. The van der Waals surface area contributed by atoms with Crippen LogP contribution in [0.25, 0.3) is 0 Å². The molecule has 268 valence electrons. The molecule has 0 amide bonds. The molecule has 2 aliphatic heterocycles. The van der Waals surface area contributed by atoms with Crippen LogP contribution in [0.5, 0.6) is 0 Å². The maximum Gasteiger partial charge on any atom is 0.271 e. The summed E-state index contributed by atoms with van der Waals surface area (Å²) in [6.07, 6.45) is 11.2. The molecule has 3 aliphatic rings. The molecule has 0 atom stereocenters. The summed E-state index contributed by atoms with van der Waals surface area (Å²) in [5, 5.41) is 0. The molecule has 0 spiro atoms. The van der Waals surface area contributed by atoms with Gasteiger partial charge in [0.1, 0.15) is 5.75 Å². The second kappa shape index (κ2) is 14.4. The van der Waals surface area contributed by atoms with Gasteiger partial charge in [0.05, 0.1) is 21.3 Å². The van der Waals surface area contributed by atoms with E-state index in [9.17, 15) is 25.9 Å². The van der Waals surface area contributed by atoms with Gasteiger partial charge >= 0.3 is 0 Å². The van der Waals surface area contributed by atoms with E-state index in [0.717, 1.165) is 74.1 Å². The molecule has 0 saturated carbocycles. The fourth-order valence-electron chi connectivity index (χ4n) is 7.49. The molecule has 6 rings (SSSR count). The fraction of sp³-hybridized carbons (Fsp3) is 0.325. The lowest BCUT2D eigenvalue weighted by molar-refractivity contribution is -0.432. The lowest BCUT2D eigenvalue weighted by Crippen LogP contribution is -2.30. The van der Waals surface area contributed by atoms with Gasteiger partial charge in [-0.2, -0.15) is 13.0 Å². The quantitative estimate of drug-likeness (QED) is 0.156. The van der Waals surface area contributed by atoms with Crippen LogP contribution in [0.15, 0.2) is 130 Å². The predicted molar refractivity (Wildman–Crippen MR) is 206 cm³/mol. The van der Waals surface area contributed by atoms with E-state index < -0.39 is 36.8 Å². The van der Waals surface area contributed by atoms with Gasteiger partial charge in [-0.1, -0.05) is 92.4 Å². The van der Waals surface area contributed by atoms with Crippen LogP contribution in [-0.2, 0) is 31.1 Å². The molecule has 2 heterocycles. The van der Waals surface area contributed by atoms with Crippen LogP contribution >= 0.6 is 11.8 Å². The minimum atomic E-state index is -4.42. The summed E-state index contributed by atoms with van der Waals surface area (Å²) in [6.45, 7) is 8.72. The van der Waals surface area contributed by atoms with Gasteiger partial charge in [0.2, 0.25) is 5.69 Å². The highest BCUT2D eigenvalue weighted by Crippen LogP contribution is 2.48. The molecule has 0 unspecified atom stereocenters. The van der Waals surface area contributed by atoms with Gasteiger partial charge in [-0.05, 0) is 74.1 Å². The van der Waals surface area contributed by atoms with Crippen molar-refractivity contribution >= 4 is 49.1 Å². The molecule has 0 fully saturated rings. The number of rotatable bonds is 11. The standard InChI is InChI=1S/C40H44N2O6S3/c1-39(2)32-17-8-10-19-34(32)41(25-27-50(43,44)45)36(39)23-21-29-13-12-14-30(38(29)49-31-15-6-5-7-16-31)22-24-37-40(3,4)33-18-9-11-20-35(33)42(37)26-28-51(46,47)48/h5-11,15-24H,12-14,25-28H2,1-4H3,(H-,43,44,45,46,47,48). The Kier molecular flexibility index (Phi) is 10.4. The molecule has 1 aliphatic carbocycles. The predicted octanol–water partition coefficient (Wildman–Crippen LogP) is 7.89. The average Bonchev–Trinajstić information content (AvgIpc) is 3.43. The van der Waals surface area contributed by atoms with Gasteiger partial charge in [-0.25, -0.2) is 8.42 Å². The third-order valence-electron chi connectivity index (χ3n) is 10.1. The van der Waals surface area contributed by atoms with Crippen molar-refractivity contribution in [3.05, 3.63) is 136 Å². The molecule has 11 heteroatoms. The van der Waals surface area contributed by atoms with Crippen molar-refractivity contribution in [3.63, 3.8) is 0 Å². The topological polar surface area (TPSA) is 118 Å². The zero-order chi connectivity index (χ0) is 36.6. The Morgan fingerprint density at radius 2 is 1.49 bits per heavy atom. The van der Waals surface area contributed by atoms with Gasteiger partial charge in [-0.3, -0.25) is 4.55 Å². The minimum Gasteiger partial charge on any atom is -0.748 e. The number of nitrogens with zero attached hydrogens (tertiary/aromatic N) is 2. The van der Waals surface area contributed by atoms with Crippen LogP contribution in [-0.4, -0.2) is 60.8 Å². The molecule has 8 nitrogen and oxygen atoms in total. The molecular weight excluding hydrogens is 701 g/mol. The summed E-state index contributed by atoms with van der Waals surface area (Å²) in [5.41, 5.74) is 7.41. The van der Waals surface area contributed by atoms with Crippen molar-refractivity contribution in [2.45, 2.75) is 62.7 Å². The molecule has 3 aromatic rings. The molecule has 0 radical (unpaired) electrons. The minimum absolute atomic E-state index is 0.0710. The lowest BCUT2D eigenvalue weighted by atomic mass is 9.81. The monoisotopic (exact) mass is 744 g/mol. The van der Waals surface area contributed by atoms with Crippen molar-refractivity contribution in [2.24, 2.45) is 0 Å². The van der Waals surface area contributed by atoms with E-state index in [1.807, 2.05) is 64.1 Å². The normalized spacial score (nSPS) is 20.2. The molecule has 0 bridgehead atoms. The smallest absolute Gasteiger partial charge is 0.271 e. The number of benzene rings is 3. The van der Waals surface area contributed by atoms with Crippen LogP contribution in [0, 0.1) is 0 Å². The van der Waals surface area contributed by atoms with E-state index in [4.69, 9.17) is 0 Å². The Morgan fingerprint density at radius 1 is 0.824 bits per heavy atom. The summed E-state index contributed by atoms with van der Waals surface area (Å²) >= 11 is 1.71. The SMILES string of the molecule is CC1(C)C(=CC=C2CCCC(C=CC3=[N+](CCS(=O)(=O)O)c4ccccc4C3(C)C)=C2Sc2ccccc2)N(CCS(=O)(=O)[O-])c2ccccc21. The van der Waals surface area contributed by atoms with E-state index in [0.29, 0.717) is 0 Å². The zero-order valence-corrected chi connectivity index (χ0v) is 31.8. The Balaban J connectivity index is 1.45. The maximum atomic E-state index is 11.8.